The fourth-order valence-corrected chi connectivity index (χ4v) is 2.18. The topological polar surface area (TPSA) is 46.6 Å². The molecule has 0 N–H and O–H groups in total. The number of hydrogen-bond donors (Lipinski definition) is 0. The van der Waals surface area contributed by atoms with E-state index in [1.54, 1.807) is 24.3 Å². The van der Waals surface area contributed by atoms with Gasteiger partial charge in [-0.3, -0.25) is 4.79 Å². The van der Waals surface area contributed by atoms with Crippen molar-refractivity contribution in [1.29, 1.82) is 0 Å². The predicted molar refractivity (Wildman–Crippen MR) is 92.2 cm³/mol. The number of alkyl halides is 3. The van der Waals surface area contributed by atoms with Gasteiger partial charge in [-0.1, -0.05) is 22.0 Å². The molecule has 0 radical (unpaired) electrons. The van der Waals surface area contributed by atoms with Crippen molar-refractivity contribution in [1.82, 2.24) is 5.06 Å². The first kappa shape index (κ1) is 19.7. The molecule has 0 bridgehead atoms. The summed E-state index contributed by atoms with van der Waals surface area (Å²) >= 11 is 3.26. The van der Waals surface area contributed by atoms with Crippen molar-refractivity contribution in [2.45, 2.75) is 6.18 Å². The monoisotopic (exact) mass is 427 g/mol. The van der Waals surface area contributed by atoms with Crippen molar-refractivity contribution in [3.63, 3.8) is 0 Å². The Morgan fingerprint density at radius 2 is 1.73 bits per heavy atom. The molecule has 0 saturated heterocycles. The van der Waals surface area contributed by atoms with Crippen LogP contribution in [0.2, 0.25) is 0 Å². The summed E-state index contributed by atoms with van der Waals surface area (Å²) in [6.07, 6.45) is -2.17. The number of benzene rings is 2. The van der Waals surface area contributed by atoms with E-state index >= 15 is 0 Å². The molecular weight excluding hydrogens is 415 g/mol. The second-order valence-corrected chi connectivity index (χ2v) is 6.11. The van der Waals surface area contributed by atoms with Gasteiger partial charge in [0.1, 0.15) is 0 Å². The minimum absolute atomic E-state index is 0.251. The molecule has 0 spiro atoms. The van der Waals surface area contributed by atoms with Gasteiger partial charge in [-0.25, -0.2) is 9.86 Å². The molecule has 0 fully saturated rings. The van der Waals surface area contributed by atoms with Gasteiger partial charge in [-0.2, -0.15) is 13.2 Å². The van der Waals surface area contributed by atoms with Crippen LogP contribution in [0.25, 0.3) is 0 Å². The molecule has 0 amide bonds. The maximum atomic E-state index is 12.7. The predicted octanol–water partition coefficient (Wildman–Crippen LogP) is 4.87. The third-order valence-electron chi connectivity index (χ3n) is 3.22. The lowest BCUT2D eigenvalue weighted by molar-refractivity contribution is -0.137. The second-order valence-electron chi connectivity index (χ2n) is 5.19. The SMILES string of the molecule is CN(C=CC(=O)c1ccc(Br)cc1)OC(=O)c1cccc(C(F)(F)F)c1. The Balaban J connectivity index is 2.01. The number of ketones is 1. The smallest absolute Gasteiger partial charge is 0.336 e. The Labute approximate surface area is 156 Å². The number of carbonyl (C=O) groups excluding carboxylic acids is 2. The number of allylic oxidation sites excluding steroid dienone is 1. The largest absolute Gasteiger partial charge is 0.416 e. The third-order valence-corrected chi connectivity index (χ3v) is 3.75. The van der Waals surface area contributed by atoms with Crippen LogP contribution in [0, 0.1) is 0 Å². The number of rotatable bonds is 5. The Kier molecular flexibility index (Phi) is 6.20. The zero-order chi connectivity index (χ0) is 19.3. The van der Waals surface area contributed by atoms with Crippen LogP contribution in [-0.4, -0.2) is 23.9 Å². The van der Waals surface area contributed by atoms with Gasteiger partial charge in [0.05, 0.1) is 11.1 Å². The summed E-state index contributed by atoms with van der Waals surface area (Å²) in [5.74, 6) is -1.29. The molecule has 0 aliphatic heterocycles. The van der Waals surface area contributed by atoms with E-state index in [4.69, 9.17) is 4.84 Å². The van der Waals surface area contributed by atoms with E-state index in [-0.39, 0.29) is 11.3 Å². The van der Waals surface area contributed by atoms with E-state index < -0.39 is 17.7 Å². The van der Waals surface area contributed by atoms with Crippen molar-refractivity contribution in [3.05, 3.63) is 82.0 Å². The van der Waals surface area contributed by atoms with Crippen LogP contribution in [0.15, 0.2) is 65.3 Å². The highest BCUT2D eigenvalue weighted by Crippen LogP contribution is 2.29. The van der Waals surface area contributed by atoms with Crippen molar-refractivity contribution in [2.75, 3.05) is 7.05 Å². The van der Waals surface area contributed by atoms with E-state index in [1.807, 2.05) is 0 Å². The summed E-state index contributed by atoms with van der Waals surface area (Å²) in [5.41, 5.74) is -0.767. The molecule has 0 atom stereocenters. The van der Waals surface area contributed by atoms with Crippen LogP contribution in [-0.2, 0) is 11.0 Å². The summed E-state index contributed by atoms with van der Waals surface area (Å²) in [4.78, 5) is 28.8. The minimum atomic E-state index is -4.56. The number of halogens is 4. The number of carbonyl (C=O) groups is 2. The lowest BCUT2D eigenvalue weighted by Gasteiger charge is -2.14. The molecule has 2 aromatic rings. The van der Waals surface area contributed by atoms with E-state index in [0.29, 0.717) is 11.6 Å². The molecule has 0 aliphatic rings. The Morgan fingerprint density at radius 1 is 1.08 bits per heavy atom. The van der Waals surface area contributed by atoms with E-state index in [0.717, 1.165) is 21.7 Å². The molecule has 4 nitrogen and oxygen atoms in total. The molecule has 0 unspecified atom stereocenters. The summed E-state index contributed by atoms with van der Waals surface area (Å²) in [5, 5.41) is 0.944. The molecule has 0 saturated carbocycles. The average molecular weight is 428 g/mol. The van der Waals surface area contributed by atoms with Gasteiger partial charge in [0.15, 0.2) is 5.78 Å². The first-order valence-corrected chi connectivity index (χ1v) is 8.06. The molecule has 0 heterocycles. The lowest BCUT2D eigenvalue weighted by atomic mass is 10.1. The summed E-state index contributed by atoms with van der Waals surface area (Å²) in [7, 11) is 1.34. The standard InChI is InChI=1S/C18H13BrF3NO3/c1-23(10-9-16(24)12-5-7-15(19)8-6-12)26-17(25)13-3-2-4-14(11-13)18(20,21)22/h2-11H,1H3. The molecule has 0 aliphatic carbocycles. The fraction of sp³-hybridized carbons (Fsp3) is 0.111. The lowest BCUT2D eigenvalue weighted by Crippen LogP contribution is -2.19. The highest BCUT2D eigenvalue weighted by molar-refractivity contribution is 9.10. The second kappa shape index (κ2) is 8.18. The summed E-state index contributed by atoms with van der Waals surface area (Å²) < 4.78 is 38.9. The van der Waals surface area contributed by atoms with Crippen molar-refractivity contribution >= 4 is 27.7 Å². The fourth-order valence-electron chi connectivity index (χ4n) is 1.92. The van der Waals surface area contributed by atoms with Crippen LogP contribution < -0.4 is 0 Å². The molecule has 0 aromatic heterocycles. The van der Waals surface area contributed by atoms with Gasteiger partial charge >= 0.3 is 12.1 Å². The highest BCUT2D eigenvalue weighted by Gasteiger charge is 2.31. The van der Waals surface area contributed by atoms with Gasteiger partial charge in [-0.15, -0.1) is 0 Å². The Hall–Kier alpha value is -2.61. The molecule has 26 heavy (non-hydrogen) atoms. The first-order chi connectivity index (χ1) is 12.2. The average Bonchev–Trinajstić information content (AvgIpc) is 2.59. The van der Waals surface area contributed by atoms with Gasteiger partial charge in [0.25, 0.3) is 0 Å². The minimum Gasteiger partial charge on any atom is -0.336 e. The quantitative estimate of drug-likeness (QED) is 0.388. The molecule has 136 valence electrons. The maximum Gasteiger partial charge on any atom is 0.416 e. The van der Waals surface area contributed by atoms with Crippen LogP contribution in [0.3, 0.4) is 0 Å². The highest BCUT2D eigenvalue weighted by atomic mass is 79.9. The molecule has 2 aromatic carbocycles. The van der Waals surface area contributed by atoms with E-state index in [1.165, 1.54) is 25.4 Å². The van der Waals surface area contributed by atoms with E-state index in [9.17, 15) is 22.8 Å². The first-order valence-electron chi connectivity index (χ1n) is 7.27. The van der Waals surface area contributed by atoms with Gasteiger partial charge in [0, 0.05) is 29.4 Å². The Bertz CT molecular complexity index is 832. The van der Waals surface area contributed by atoms with Crippen LogP contribution >= 0.6 is 15.9 Å². The van der Waals surface area contributed by atoms with Crippen molar-refractivity contribution in [2.24, 2.45) is 0 Å². The summed E-state index contributed by atoms with van der Waals surface area (Å²) in [6.45, 7) is 0. The van der Waals surface area contributed by atoms with Crippen LogP contribution in [0.5, 0.6) is 0 Å². The zero-order valence-electron chi connectivity index (χ0n) is 13.5. The van der Waals surface area contributed by atoms with Gasteiger partial charge in [-0.05, 0) is 42.5 Å². The number of hydrogen-bond acceptors (Lipinski definition) is 4. The van der Waals surface area contributed by atoms with Gasteiger partial charge < -0.3 is 4.84 Å². The molecular formula is C18H13BrF3NO3. The molecule has 8 heteroatoms. The third kappa shape index (κ3) is 5.45. The van der Waals surface area contributed by atoms with E-state index in [2.05, 4.69) is 15.9 Å². The molecule has 2 rings (SSSR count). The normalized spacial score (nSPS) is 11.4. The number of hydroxylamine groups is 2. The van der Waals surface area contributed by atoms with Crippen molar-refractivity contribution < 1.29 is 27.6 Å². The van der Waals surface area contributed by atoms with Crippen LogP contribution in [0.1, 0.15) is 26.3 Å². The number of nitrogens with zero attached hydrogens (tertiary/aromatic N) is 1. The summed E-state index contributed by atoms with van der Waals surface area (Å²) in [6, 6.07) is 10.5. The Morgan fingerprint density at radius 3 is 2.35 bits per heavy atom. The zero-order valence-corrected chi connectivity index (χ0v) is 15.0. The maximum absolute atomic E-state index is 12.7. The van der Waals surface area contributed by atoms with Gasteiger partial charge in [0.2, 0.25) is 0 Å². The van der Waals surface area contributed by atoms with Crippen LogP contribution in [0.4, 0.5) is 13.2 Å². The van der Waals surface area contributed by atoms with Crippen molar-refractivity contribution in [3.8, 4) is 0 Å².